The van der Waals surface area contributed by atoms with Crippen molar-refractivity contribution in [2.45, 2.75) is 71.6 Å². The van der Waals surface area contributed by atoms with Gasteiger partial charge in [0, 0.05) is 83.1 Å². The first-order valence-corrected chi connectivity index (χ1v) is 25.4. The summed E-state index contributed by atoms with van der Waals surface area (Å²) < 4.78 is 6.15. The van der Waals surface area contributed by atoms with Gasteiger partial charge in [-0.2, -0.15) is 4.98 Å². The Labute approximate surface area is 488 Å². The Kier molecular flexibility index (Phi) is 18.7. The van der Waals surface area contributed by atoms with Gasteiger partial charge in [0.2, 0.25) is 5.88 Å². The van der Waals surface area contributed by atoms with E-state index in [1.807, 2.05) is 169 Å². The van der Waals surface area contributed by atoms with E-state index in [9.17, 15) is 10.2 Å². The number of aromatic nitrogens is 4. The zero-order valence-electron chi connectivity index (χ0n) is 44.9. The van der Waals surface area contributed by atoms with E-state index in [-0.39, 0.29) is 64.5 Å². The summed E-state index contributed by atoms with van der Waals surface area (Å²) in [6.07, 6.45) is 3.56. The van der Waals surface area contributed by atoms with E-state index in [0.717, 1.165) is 62.3 Å². The first-order valence-electron chi connectivity index (χ1n) is 25.4. The molecule has 0 saturated heterocycles. The van der Waals surface area contributed by atoms with Gasteiger partial charge in [0.25, 0.3) is 0 Å². The monoisotopic (exact) mass is 1390 g/mol. The molecule has 0 aliphatic carbocycles. The Morgan fingerprint density at radius 1 is 0.423 bits per heavy atom. The van der Waals surface area contributed by atoms with Crippen molar-refractivity contribution in [2.75, 3.05) is 9.80 Å². The van der Waals surface area contributed by atoms with Crippen LogP contribution in [0.4, 0.5) is 34.6 Å². The van der Waals surface area contributed by atoms with Crippen LogP contribution in [0.1, 0.15) is 77.8 Å². The first-order chi connectivity index (χ1) is 36.5. The van der Waals surface area contributed by atoms with Gasteiger partial charge in [0.1, 0.15) is 23.3 Å². The number of phenols is 2. The van der Waals surface area contributed by atoms with Gasteiger partial charge >= 0.3 is 0 Å². The van der Waals surface area contributed by atoms with Gasteiger partial charge in [-0.05, 0) is 89.7 Å². The number of benzene rings is 6. The van der Waals surface area contributed by atoms with Crippen LogP contribution in [0.5, 0.6) is 23.1 Å². The number of anilines is 6. The van der Waals surface area contributed by atoms with E-state index < -0.39 is 5.41 Å². The molecule has 0 radical (unpaired) electrons. The molecule has 400 valence electrons. The minimum absolute atomic E-state index is 0. The maximum absolute atomic E-state index is 10.7. The van der Waals surface area contributed by atoms with Crippen molar-refractivity contribution in [1.29, 1.82) is 0 Å². The number of aromatic hydroxyl groups is 2. The molecule has 0 aliphatic rings. The molecule has 9 nitrogen and oxygen atoms in total. The third-order valence-electron chi connectivity index (χ3n) is 13.1. The number of pyridine rings is 4. The quantitative estimate of drug-likeness (QED) is 0.116. The molecular formula is C67H62N6O3Pt2-2. The summed E-state index contributed by atoms with van der Waals surface area (Å²) in [4.78, 5) is 23.1. The number of hydrogen-bond donors (Lipinski definition) is 2. The van der Waals surface area contributed by atoms with Crippen molar-refractivity contribution < 1.29 is 57.1 Å². The third kappa shape index (κ3) is 13.7. The second kappa shape index (κ2) is 25.2. The molecule has 78 heavy (non-hydrogen) atoms. The van der Waals surface area contributed by atoms with E-state index in [1.165, 1.54) is 5.56 Å². The maximum Gasteiger partial charge on any atom is 0.219 e. The van der Waals surface area contributed by atoms with Crippen LogP contribution in [-0.2, 0) is 58.4 Å². The maximum atomic E-state index is 10.7. The Bertz CT molecular complexity index is 3470. The van der Waals surface area contributed by atoms with Crippen LogP contribution in [0.2, 0.25) is 0 Å². The number of hydrogen-bond acceptors (Lipinski definition) is 9. The van der Waals surface area contributed by atoms with Crippen LogP contribution in [0, 0.1) is 12.1 Å². The molecule has 0 spiro atoms. The predicted molar refractivity (Wildman–Crippen MR) is 308 cm³/mol. The van der Waals surface area contributed by atoms with Crippen molar-refractivity contribution in [3.8, 4) is 45.4 Å². The van der Waals surface area contributed by atoms with Crippen LogP contribution in [0.15, 0.2) is 219 Å². The fourth-order valence-corrected chi connectivity index (χ4v) is 8.71. The largest absolute Gasteiger partial charge is 0.517 e. The molecule has 0 atom stereocenters. The number of para-hydroxylation sites is 2. The molecule has 4 aromatic heterocycles. The minimum atomic E-state index is -0.449. The second-order valence-corrected chi connectivity index (χ2v) is 21.0. The van der Waals surface area contributed by atoms with E-state index in [1.54, 1.807) is 24.5 Å². The van der Waals surface area contributed by atoms with Crippen LogP contribution < -0.4 is 14.5 Å². The summed E-state index contributed by atoms with van der Waals surface area (Å²) in [7, 11) is 0. The molecule has 4 heterocycles. The third-order valence-corrected chi connectivity index (χ3v) is 13.1. The Hall–Kier alpha value is -7.70. The fraction of sp³-hybridized carbons (Fsp3) is 0.164. The van der Waals surface area contributed by atoms with Gasteiger partial charge in [-0.1, -0.05) is 169 Å². The molecule has 0 fully saturated rings. The van der Waals surface area contributed by atoms with Crippen molar-refractivity contribution in [2.24, 2.45) is 0 Å². The minimum Gasteiger partial charge on any atom is -0.517 e. The van der Waals surface area contributed by atoms with E-state index >= 15 is 0 Å². The Morgan fingerprint density at radius 2 is 0.872 bits per heavy atom. The molecule has 0 amide bonds. The molecule has 10 rings (SSSR count). The van der Waals surface area contributed by atoms with Crippen molar-refractivity contribution in [3.05, 3.63) is 253 Å². The summed E-state index contributed by atoms with van der Waals surface area (Å²) in [6.45, 7) is 17.3. The number of phenolic OH excluding ortho intramolecular Hbond substituents is 2. The standard InChI is InChI=1S/C35H34N3O.C32H28N3O2.2Pt/c1-34(2,3)26-20-21-30(39)29(24-26)25-13-11-14-27(23-25)35(4,5)31-17-12-19-33(37-31)38(28-15-7-6-8-16-28)32-18-9-10-22-36-32;1-32(2,3)24-18-19-28(36)27(22-24)23-11-9-14-26(21-23)37-31-17-10-16-30(34-31)35(25-12-5-4-6-13-25)29-15-7-8-20-33-29;;/h6-22,24,39H,1-5H3;4-20,22,36H,1-3H3;;/q2*-1;;. The van der Waals surface area contributed by atoms with Crippen LogP contribution >= 0.6 is 0 Å². The normalized spacial score (nSPS) is 11.2. The van der Waals surface area contributed by atoms with Gasteiger partial charge in [0.05, 0.1) is 17.2 Å². The zero-order chi connectivity index (χ0) is 53.5. The Balaban J connectivity index is 0.000000221. The molecule has 6 aromatic carbocycles. The van der Waals surface area contributed by atoms with Crippen LogP contribution in [0.3, 0.4) is 0 Å². The Morgan fingerprint density at radius 3 is 1.37 bits per heavy atom. The molecule has 0 unspecified atom stereocenters. The molecule has 0 aliphatic heterocycles. The van der Waals surface area contributed by atoms with Gasteiger partial charge in [-0.15, -0.1) is 59.2 Å². The molecule has 0 saturated carbocycles. The summed E-state index contributed by atoms with van der Waals surface area (Å²) >= 11 is 0. The van der Waals surface area contributed by atoms with Gasteiger partial charge in [-0.3, -0.25) is 9.80 Å². The van der Waals surface area contributed by atoms with Gasteiger partial charge in [0.15, 0.2) is 0 Å². The molecule has 11 heteroatoms. The second-order valence-electron chi connectivity index (χ2n) is 21.0. The van der Waals surface area contributed by atoms with Gasteiger partial charge in [-0.25, -0.2) is 15.0 Å². The van der Waals surface area contributed by atoms with Gasteiger partial charge < -0.3 is 14.9 Å². The van der Waals surface area contributed by atoms with E-state index in [4.69, 9.17) is 14.7 Å². The van der Waals surface area contributed by atoms with Crippen molar-refractivity contribution in [1.82, 2.24) is 19.9 Å². The van der Waals surface area contributed by atoms with Crippen LogP contribution in [-0.4, -0.2) is 30.1 Å². The van der Waals surface area contributed by atoms with Crippen molar-refractivity contribution >= 4 is 34.6 Å². The van der Waals surface area contributed by atoms with E-state index in [2.05, 4.69) is 113 Å². The SMILES string of the molecule is CC(C)(C)c1ccc(O)c(-c2[c-]c(C(C)(C)c3cccc(N(c4ccccc4)c4ccccn4)n3)ccc2)c1.CC(C)(C)c1ccc(O)c(-c2[c-]c(Oc3cccc(N(c4ccccc4)c4ccccn4)n3)ccc2)c1.[Pt].[Pt]. The smallest absolute Gasteiger partial charge is 0.219 e. The average Bonchev–Trinajstić information content (AvgIpc) is 3.45. The number of nitrogens with zero attached hydrogens (tertiary/aromatic N) is 6. The molecular weight excluding hydrogens is 1330 g/mol. The number of rotatable bonds is 12. The van der Waals surface area contributed by atoms with Crippen LogP contribution in [0.25, 0.3) is 22.3 Å². The fourth-order valence-electron chi connectivity index (χ4n) is 8.71. The summed E-state index contributed by atoms with van der Waals surface area (Å²) in [5.41, 5.74) is 8.72. The molecule has 2 N–H and O–H groups in total. The summed E-state index contributed by atoms with van der Waals surface area (Å²) in [6, 6.07) is 73.7. The summed E-state index contributed by atoms with van der Waals surface area (Å²) in [5, 5.41) is 21.3. The molecule has 10 aromatic rings. The topological polar surface area (TPSA) is 108 Å². The van der Waals surface area contributed by atoms with E-state index in [0.29, 0.717) is 23.0 Å². The molecule has 0 bridgehead atoms. The first kappa shape index (κ1) is 58.0. The number of ether oxygens (including phenoxy) is 1. The van der Waals surface area contributed by atoms with Crippen molar-refractivity contribution in [3.63, 3.8) is 0 Å². The zero-order valence-corrected chi connectivity index (χ0v) is 49.4. The summed E-state index contributed by atoms with van der Waals surface area (Å²) in [5.74, 6) is 4.40. The predicted octanol–water partition coefficient (Wildman–Crippen LogP) is 16.9. The average molecular weight is 1390 g/mol.